The van der Waals surface area contributed by atoms with Gasteiger partial charge >= 0.3 is 0 Å². The number of rotatable bonds is 4. The molecular weight excluding hydrogens is 322 g/mol. The molecule has 0 aliphatic carbocycles. The van der Waals surface area contributed by atoms with Crippen LogP contribution in [0.5, 0.6) is 0 Å². The molecule has 1 aromatic heterocycles. The molecule has 3 rings (SSSR count). The van der Waals surface area contributed by atoms with Crippen molar-refractivity contribution in [3.8, 4) is 0 Å². The van der Waals surface area contributed by atoms with Crippen LogP contribution in [-0.4, -0.2) is 42.0 Å². The summed E-state index contributed by atoms with van der Waals surface area (Å²) in [7, 11) is 0. The molecule has 1 aliphatic rings. The van der Waals surface area contributed by atoms with Gasteiger partial charge in [0.2, 0.25) is 0 Å². The monoisotopic (exact) mass is 341 g/mol. The summed E-state index contributed by atoms with van der Waals surface area (Å²) in [5, 5.41) is 17.0. The Morgan fingerprint density at radius 1 is 1.28 bits per heavy atom. The number of aromatic nitrogens is 1. The van der Waals surface area contributed by atoms with Gasteiger partial charge in [-0.2, -0.15) is 0 Å². The second-order valence-corrected chi connectivity index (χ2v) is 5.87. The molecule has 0 atom stereocenters. The maximum Gasteiger partial charge on any atom is 0.282 e. The van der Waals surface area contributed by atoms with Crippen LogP contribution in [0.1, 0.15) is 15.9 Å². The highest BCUT2D eigenvalue weighted by Crippen LogP contribution is 2.22. The fourth-order valence-corrected chi connectivity index (χ4v) is 2.74. The summed E-state index contributed by atoms with van der Waals surface area (Å²) in [5.41, 5.74) is 1.57. The Kier molecular flexibility index (Phi) is 4.90. The van der Waals surface area contributed by atoms with Crippen LogP contribution in [0.4, 0.5) is 17.2 Å². The van der Waals surface area contributed by atoms with Crippen LogP contribution < -0.4 is 15.5 Å². The zero-order chi connectivity index (χ0) is 17.8. The molecule has 1 aromatic carbocycles. The van der Waals surface area contributed by atoms with Crippen LogP contribution in [0, 0.1) is 17.0 Å². The SMILES string of the molecule is Cc1ccc([N+](=O)[O-])c(C(=O)Nc2ccc(N3CCNCC3)cn2)c1. The third kappa shape index (κ3) is 3.92. The molecule has 25 heavy (non-hydrogen) atoms. The normalized spacial score (nSPS) is 14.2. The van der Waals surface area contributed by atoms with Gasteiger partial charge in [-0.3, -0.25) is 14.9 Å². The third-order valence-corrected chi connectivity index (χ3v) is 4.06. The zero-order valence-corrected chi connectivity index (χ0v) is 13.9. The second kappa shape index (κ2) is 7.27. The van der Waals surface area contributed by atoms with Gasteiger partial charge in [0.15, 0.2) is 0 Å². The van der Waals surface area contributed by atoms with Gasteiger partial charge in [0.25, 0.3) is 11.6 Å². The van der Waals surface area contributed by atoms with Crippen LogP contribution in [-0.2, 0) is 0 Å². The molecule has 2 heterocycles. The first-order chi connectivity index (χ1) is 12.0. The Morgan fingerprint density at radius 3 is 2.68 bits per heavy atom. The number of piperazine rings is 1. The molecule has 2 N–H and O–H groups in total. The lowest BCUT2D eigenvalue weighted by Crippen LogP contribution is -2.43. The fourth-order valence-electron chi connectivity index (χ4n) is 2.74. The molecule has 0 saturated carbocycles. The van der Waals surface area contributed by atoms with E-state index in [4.69, 9.17) is 0 Å². The van der Waals surface area contributed by atoms with Crippen LogP contribution in [0.15, 0.2) is 36.5 Å². The largest absolute Gasteiger partial charge is 0.368 e. The summed E-state index contributed by atoms with van der Waals surface area (Å²) in [6.45, 7) is 5.44. The van der Waals surface area contributed by atoms with Crippen molar-refractivity contribution in [2.45, 2.75) is 6.92 Å². The van der Waals surface area contributed by atoms with E-state index >= 15 is 0 Å². The van der Waals surface area contributed by atoms with E-state index in [1.165, 1.54) is 12.1 Å². The average Bonchev–Trinajstić information content (AvgIpc) is 2.62. The van der Waals surface area contributed by atoms with Gasteiger partial charge in [-0.25, -0.2) is 4.98 Å². The van der Waals surface area contributed by atoms with Crippen LogP contribution in [0.3, 0.4) is 0 Å². The number of anilines is 2. The number of nitrogens with one attached hydrogen (secondary N) is 2. The number of hydrogen-bond donors (Lipinski definition) is 2. The van der Waals surface area contributed by atoms with E-state index < -0.39 is 10.8 Å². The minimum atomic E-state index is -0.560. The molecule has 8 heteroatoms. The summed E-state index contributed by atoms with van der Waals surface area (Å²) in [5.74, 6) is -0.183. The van der Waals surface area contributed by atoms with Gasteiger partial charge in [-0.15, -0.1) is 0 Å². The van der Waals surface area contributed by atoms with Crippen molar-refractivity contribution in [2.75, 3.05) is 36.4 Å². The summed E-state index contributed by atoms with van der Waals surface area (Å²) >= 11 is 0. The van der Waals surface area contributed by atoms with E-state index in [-0.39, 0.29) is 11.3 Å². The van der Waals surface area contributed by atoms with Gasteiger partial charge < -0.3 is 15.5 Å². The Balaban J connectivity index is 1.75. The van der Waals surface area contributed by atoms with E-state index in [0.717, 1.165) is 37.4 Å². The number of nitro groups is 1. The molecule has 1 aliphatic heterocycles. The van der Waals surface area contributed by atoms with Crippen molar-refractivity contribution in [1.82, 2.24) is 10.3 Å². The number of amides is 1. The molecule has 1 amide bonds. The van der Waals surface area contributed by atoms with Gasteiger partial charge in [0.1, 0.15) is 11.4 Å². The van der Waals surface area contributed by atoms with E-state index in [1.807, 2.05) is 6.07 Å². The number of pyridine rings is 1. The second-order valence-electron chi connectivity index (χ2n) is 5.87. The fraction of sp³-hybridized carbons (Fsp3) is 0.294. The van der Waals surface area contributed by atoms with Gasteiger partial charge in [0.05, 0.1) is 16.8 Å². The summed E-state index contributed by atoms with van der Waals surface area (Å²) in [4.78, 5) is 29.4. The highest BCUT2D eigenvalue weighted by atomic mass is 16.6. The Bertz CT molecular complexity index is 785. The molecule has 0 spiro atoms. The summed E-state index contributed by atoms with van der Waals surface area (Å²) in [6, 6.07) is 8.04. The molecule has 8 nitrogen and oxygen atoms in total. The van der Waals surface area contributed by atoms with Crippen molar-refractivity contribution in [3.63, 3.8) is 0 Å². The summed E-state index contributed by atoms with van der Waals surface area (Å²) < 4.78 is 0. The third-order valence-electron chi connectivity index (χ3n) is 4.06. The first-order valence-corrected chi connectivity index (χ1v) is 8.03. The zero-order valence-electron chi connectivity index (χ0n) is 13.9. The van der Waals surface area contributed by atoms with Crippen molar-refractivity contribution >= 4 is 23.1 Å². The standard InChI is InChI=1S/C17H19N5O3/c1-12-2-4-15(22(24)25)14(10-12)17(23)20-16-5-3-13(11-19-16)21-8-6-18-7-9-21/h2-5,10-11,18H,6-9H2,1H3,(H,19,20,23). The van der Waals surface area contributed by atoms with Crippen molar-refractivity contribution < 1.29 is 9.72 Å². The van der Waals surface area contributed by atoms with Gasteiger partial charge in [-0.1, -0.05) is 6.07 Å². The smallest absolute Gasteiger partial charge is 0.282 e. The Labute approximate surface area is 145 Å². The molecule has 0 bridgehead atoms. The Hall–Kier alpha value is -3.00. The maximum absolute atomic E-state index is 12.4. The predicted molar refractivity (Wildman–Crippen MR) is 95.1 cm³/mol. The quantitative estimate of drug-likeness (QED) is 0.651. The summed E-state index contributed by atoms with van der Waals surface area (Å²) in [6.07, 6.45) is 1.70. The number of hydrogen-bond acceptors (Lipinski definition) is 6. The molecule has 130 valence electrons. The molecule has 2 aromatic rings. The number of nitro benzene ring substituents is 1. The highest BCUT2D eigenvalue weighted by molar-refractivity contribution is 6.06. The number of carbonyl (C=O) groups is 1. The van der Waals surface area contributed by atoms with Crippen molar-refractivity contribution in [3.05, 3.63) is 57.8 Å². The van der Waals surface area contributed by atoms with Crippen molar-refractivity contribution in [1.29, 1.82) is 0 Å². The first-order valence-electron chi connectivity index (χ1n) is 8.03. The lowest BCUT2D eigenvalue weighted by molar-refractivity contribution is -0.385. The Morgan fingerprint density at radius 2 is 2.04 bits per heavy atom. The number of carbonyl (C=O) groups excluding carboxylic acids is 1. The molecule has 0 radical (unpaired) electrons. The molecule has 0 unspecified atom stereocenters. The minimum Gasteiger partial charge on any atom is -0.368 e. The van der Waals surface area contributed by atoms with E-state index in [2.05, 4.69) is 20.5 Å². The predicted octanol–water partition coefficient (Wildman–Crippen LogP) is 1.96. The van der Waals surface area contributed by atoms with Crippen molar-refractivity contribution in [2.24, 2.45) is 0 Å². The van der Waals surface area contributed by atoms with Crippen LogP contribution in [0.2, 0.25) is 0 Å². The molecule has 1 fully saturated rings. The molecule has 1 saturated heterocycles. The number of nitrogens with zero attached hydrogens (tertiary/aromatic N) is 3. The first kappa shape index (κ1) is 16.8. The molecular formula is C17H19N5O3. The van der Waals surface area contributed by atoms with Gasteiger partial charge in [0, 0.05) is 32.2 Å². The number of benzene rings is 1. The van der Waals surface area contributed by atoms with Crippen LogP contribution >= 0.6 is 0 Å². The lowest BCUT2D eigenvalue weighted by atomic mass is 10.1. The van der Waals surface area contributed by atoms with E-state index in [1.54, 1.807) is 25.3 Å². The maximum atomic E-state index is 12.4. The van der Waals surface area contributed by atoms with Gasteiger partial charge in [-0.05, 0) is 30.7 Å². The van der Waals surface area contributed by atoms with Crippen LogP contribution in [0.25, 0.3) is 0 Å². The lowest BCUT2D eigenvalue weighted by Gasteiger charge is -2.29. The number of aryl methyl sites for hydroxylation is 1. The highest BCUT2D eigenvalue weighted by Gasteiger charge is 2.20. The van der Waals surface area contributed by atoms with E-state index in [0.29, 0.717) is 5.82 Å². The minimum absolute atomic E-state index is 0.0259. The van der Waals surface area contributed by atoms with E-state index in [9.17, 15) is 14.9 Å². The average molecular weight is 341 g/mol. The topological polar surface area (TPSA) is 100 Å².